The highest BCUT2D eigenvalue weighted by Crippen LogP contribution is 2.32. The SMILES string of the molecule is CCC1CCC(NC)C(CN2CCCC(N(C)C)C2)C1. The molecule has 0 spiro atoms. The van der Waals surface area contributed by atoms with Gasteiger partial charge in [0, 0.05) is 25.2 Å². The molecule has 4 unspecified atom stereocenters. The molecule has 2 aliphatic rings. The second kappa shape index (κ2) is 7.77. The molecule has 0 bridgehead atoms. The van der Waals surface area contributed by atoms with Crippen LogP contribution in [0.25, 0.3) is 0 Å². The Balaban J connectivity index is 1.89. The number of piperidine rings is 1. The van der Waals surface area contributed by atoms with Gasteiger partial charge in [-0.15, -0.1) is 0 Å². The fraction of sp³-hybridized carbons (Fsp3) is 1.00. The van der Waals surface area contributed by atoms with Gasteiger partial charge in [0.15, 0.2) is 0 Å². The van der Waals surface area contributed by atoms with Crippen molar-refractivity contribution in [2.75, 3.05) is 40.8 Å². The zero-order chi connectivity index (χ0) is 14.5. The van der Waals surface area contributed by atoms with Crippen LogP contribution in [0.1, 0.15) is 45.4 Å². The summed E-state index contributed by atoms with van der Waals surface area (Å²) in [4.78, 5) is 5.15. The van der Waals surface area contributed by atoms with Gasteiger partial charge in [-0.25, -0.2) is 0 Å². The van der Waals surface area contributed by atoms with Crippen molar-refractivity contribution in [3.05, 3.63) is 0 Å². The molecule has 2 fully saturated rings. The van der Waals surface area contributed by atoms with E-state index in [9.17, 15) is 0 Å². The molecular formula is C17H35N3. The summed E-state index contributed by atoms with van der Waals surface area (Å²) in [5, 5.41) is 3.59. The van der Waals surface area contributed by atoms with Gasteiger partial charge in [0.2, 0.25) is 0 Å². The third-order valence-corrected chi connectivity index (χ3v) is 5.74. The van der Waals surface area contributed by atoms with Gasteiger partial charge in [-0.2, -0.15) is 0 Å². The van der Waals surface area contributed by atoms with E-state index in [0.717, 1.165) is 23.9 Å². The molecule has 20 heavy (non-hydrogen) atoms. The van der Waals surface area contributed by atoms with Crippen molar-refractivity contribution in [1.82, 2.24) is 15.1 Å². The van der Waals surface area contributed by atoms with Gasteiger partial charge < -0.3 is 15.1 Å². The van der Waals surface area contributed by atoms with E-state index < -0.39 is 0 Å². The van der Waals surface area contributed by atoms with E-state index in [-0.39, 0.29) is 0 Å². The van der Waals surface area contributed by atoms with Gasteiger partial charge in [-0.05, 0) is 71.6 Å². The average Bonchev–Trinajstić information content (AvgIpc) is 2.47. The molecule has 1 saturated heterocycles. The van der Waals surface area contributed by atoms with E-state index in [0.29, 0.717) is 0 Å². The first-order valence-electron chi connectivity index (χ1n) is 8.70. The molecule has 1 aliphatic heterocycles. The maximum Gasteiger partial charge on any atom is 0.0217 e. The van der Waals surface area contributed by atoms with Crippen LogP contribution in [0, 0.1) is 11.8 Å². The summed E-state index contributed by atoms with van der Waals surface area (Å²) in [7, 11) is 6.62. The predicted octanol–water partition coefficient (Wildman–Crippen LogP) is 2.43. The van der Waals surface area contributed by atoms with Crippen LogP contribution < -0.4 is 5.32 Å². The van der Waals surface area contributed by atoms with E-state index in [1.165, 1.54) is 58.2 Å². The molecule has 1 saturated carbocycles. The van der Waals surface area contributed by atoms with Crippen molar-refractivity contribution < 1.29 is 0 Å². The highest BCUT2D eigenvalue weighted by Gasteiger charge is 2.31. The lowest BCUT2D eigenvalue weighted by Gasteiger charge is -2.42. The molecule has 4 atom stereocenters. The topological polar surface area (TPSA) is 18.5 Å². The summed E-state index contributed by atoms with van der Waals surface area (Å²) in [6.45, 7) is 6.27. The van der Waals surface area contributed by atoms with Crippen LogP contribution in [0.2, 0.25) is 0 Å². The maximum absolute atomic E-state index is 3.59. The first kappa shape index (κ1) is 16.3. The van der Waals surface area contributed by atoms with Gasteiger partial charge in [-0.1, -0.05) is 13.3 Å². The normalized spacial score (nSPS) is 36.5. The van der Waals surface area contributed by atoms with E-state index >= 15 is 0 Å². The Morgan fingerprint density at radius 2 is 2.00 bits per heavy atom. The van der Waals surface area contributed by atoms with E-state index in [1.807, 2.05) is 0 Å². The van der Waals surface area contributed by atoms with Gasteiger partial charge in [-0.3, -0.25) is 0 Å². The first-order valence-corrected chi connectivity index (χ1v) is 8.70. The monoisotopic (exact) mass is 281 g/mol. The number of nitrogens with zero attached hydrogens (tertiary/aromatic N) is 2. The van der Waals surface area contributed by atoms with Crippen LogP contribution in [0.3, 0.4) is 0 Å². The Bertz CT molecular complexity index is 279. The zero-order valence-electron chi connectivity index (χ0n) is 14.1. The predicted molar refractivity (Wildman–Crippen MR) is 87.1 cm³/mol. The minimum atomic E-state index is 0.748. The smallest absolute Gasteiger partial charge is 0.0217 e. The molecule has 0 aromatic carbocycles. The van der Waals surface area contributed by atoms with Gasteiger partial charge in [0.25, 0.3) is 0 Å². The molecule has 0 aromatic rings. The minimum absolute atomic E-state index is 0.748. The molecular weight excluding hydrogens is 246 g/mol. The second-order valence-electron chi connectivity index (χ2n) is 7.26. The van der Waals surface area contributed by atoms with Gasteiger partial charge in [0.1, 0.15) is 0 Å². The Labute approximate surface area is 126 Å². The lowest BCUT2D eigenvalue weighted by Crippen LogP contribution is -2.50. The summed E-state index contributed by atoms with van der Waals surface area (Å²) in [6.07, 6.45) is 8.36. The lowest BCUT2D eigenvalue weighted by molar-refractivity contribution is 0.0896. The largest absolute Gasteiger partial charge is 0.317 e. The summed E-state index contributed by atoms with van der Waals surface area (Å²) in [6, 6.07) is 1.51. The Morgan fingerprint density at radius 3 is 2.65 bits per heavy atom. The molecule has 1 heterocycles. The zero-order valence-corrected chi connectivity index (χ0v) is 14.1. The van der Waals surface area contributed by atoms with Crippen molar-refractivity contribution in [1.29, 1.82) is 0 Å². The van der Waals surface area contributed by atoms with Crippen LogP contribution in [0.5, 0.6) is 0 Å². The van der Waals surface area contributed by atoms with Gasteiger partial charge >= 0.3 is 0 Å². The molecule has 1 N–H and O–H groups in total. The number of hydrogen-bond acceptors (Lipinski definition) is 3. The summed E-state index contributed by atoms with van der Waals surface area (Å²) >= 11 is 0. The van der Waals surface area contributed by atoms with Crippen LogP contribution in [-0.2, 0) is 0 Å². The number of likely N-dealkylation sites (N-methyl/N-ethyl adjacent to an activating group) is 1. The molecule has 0 radical (unpaired) electrons. The third kappa shape index (κ3) is 4.19. The van der Waals surface area contributed by atoms with Crippen LogP contribution in [-0.4, -0.2) is 62.7 Å². The fourth-order valence-corrected chi connectivity index (χ4v) is 4.26. The number of likely N-dealkylation sites (tertiary alicyclic amines) is 1. The second-order valence-corrected chi connectivity index (χ2v) is 7.26. The van der Waals surface area contributed by atoms with Gasteiger partial charge in [0.05, 0.1) is 0 Å². The minimum Gasteiger partial charge on any atom is -0.317 e. The fourth-order valence-electron chi connectivity index (χ4n) is 4.26. The number of rotatable bonds is 5. The highest BCUT2D eigenvalue weighted by molar-refractivity contribution is 4.87. The summed E-state index contributed by atoms with van der Waals surface area (Å²) < 4.78 is 0. The molecule has 0 aromatic heterocycles. The molecule has 0 amide bonds. The first-order chi connectivity index (χ1) is 9.63. The maximum atomic E-state index is 3.59. The van der Waals surface area contributed by atoms with Crippen molar-refractivity contribution >= 4 is 0 Å². The van der Waals surface area contributed by atoms with E-state index in [2.05, 4.69) is 43.2 Å². The van der Waals surface area contributed by atoms with E-state index in [4.69, 9.17) is 0 Å². The van der Waals surface area contributed by atoms with Crippen molar-refractivity contribution in [2.45, 2.75) is 57.5 Å². The quantitative estimate of drug-likeness (QED) is 0.835. The third-order valence-electron chi connectivity index (χ3n) is 5.74. The number of nitrogens with one attached hydrogen (secondary N) is 1. The number of hydrogen-bond donors (Lipinski definition) is 1. The Kier molecular flexibility index (Phi) is 6.31. The van der Waals surface area contributed by atoms with Crippen LogP contribution in [0.15, 0.2) is 0 Å². The van der Waals surface area contributed by atoms with Crippen LogP contribution >= 0.6 is 0 Å². The average molecular weight is 281 g/mol. The summed E-state index contributed by atoms with van der Waals surface area (Å²) in [5.41, 5.74) is 0. The van der Waals surface area contributed by atoms with Crippen molar-refractivity contribution in [3.63, 3.8) is 0 Å². The Hall–Kier alpha value is -0.120. The van der Waals surface area contributed by atoms with Crippen LogP contribution in [0.4, 0.5) is 0 Å². The molecule has 3 nitrogen and oxygen atoms in total. The molecule has 1 aliphatic carbocycles. The molecule has 118 valence electrons. The summed E-state index contributed by atoms with van der Waals surface area (Å²) in [5.74, 6) is 1.83. The standard InChI is InChI=1S/C17H35N3/c1-5-14-8-9-17(18-2)15(11-14)12-20-10-6-7-16(13-20)19(3)4/h14-18H,5-13H2,1-4H3. The van der Waals surface area contributed by atoms with E-state index in [1.54, 1.807) is 0 Å². The van der Waals surface area contributed by atoms with Crippen molar-refractivity contribution in [3.8, 4) is 0 Å². The highest BCUT2D eigenvalue weighted by atomic mass is 15.2. The lowest BCUT2D eigenvalue weighted by atomic mass is 9.76. The van der Waals surface area contributed by atoms with Crippen molar-refractivity contribution in [2.24, 2.45) is 11.8 Å². The molecule has 2 rings (SSSR count). The Morgan fingerprint density at radius 1 is 1.20 bits per heavy atom. The molecule has 3 heteroatoms.